The van der Waals surface area contributed by atoms with Crippen LogP contribution in [0.1, 0.15) is 31.9 Å². The molecule has 0 aliphatic carbocycles. The van der Waals surface area contributed by atoms with E-state index in [0.29, 0.717) is 17.8 Å². The molecule has 1 aliphatic rings. The number of rotatable bonds is 8. The maximum atomic E-state index is 12.2. The first-order valence-electron chi connectivity index (χ1n) is 10.6. The Kier molecular flexibility index (Phi) is 6.23. The summed E-state index contributed by atoms with van der Waals surface area (Å²) in [5.74, 6) is 0. The Hall–Kier alpha value is -2.99. The molecule has 1 N–H and O–H groups in total. The van der Waals surface area contributed by atoms with E-state index in [2.05, 4.69) is 22.1 Å². The molecule has 1 aliphatic heterocycles. The van der Waals surface area contributed by atoms with Crippen LogP contribution in [0.25, 0.3) is 11.1 Å². The molecule has 0 spiro atoms. The normalized spacial score (nSPS) is 16.7. The van der Waals surface area contributed by atoms with E-state index < -0.39 is 10.9 Å². The van der Waals surface area contributed by atoms with E-state index >= 15 is 0 Å². The molecule has 6 heteroatoms. The predicted molar refractivity (Wildman–Crippen MR) is 120 cm³/mol. The zero-order valence-electron chi connectivity index (χ0n) is 17.3. The average Bonchev–Trinajstić information content (AvgIpc) is 2.81. The van der Waals surface area contributed by atoms with Crippen LogP contribution in [-0.2, 0) is 11.3 Å². The number of aromatic nitrogens is 1. The fraction of sp³-hybridized carbons (Fsp3) is 0.375. The lowest BCUT2D eigenvalue weighted by Crippen LogP contribution is -2.42. The van der Waals surface area contributed by atoms with Gasteiger partial charge in [0.2, 0.25) is 10.9 Å². The van der Waals surface area contributed by atoms with Crippen molar-refractivity contribution in [3.63, 3.8) is 0 Å². The standard InChI is InChI=1S/C24H27N3O3/c1-2-3-7-20-16-27(13-14-30-20)19-10-8-17(9-11-19)21-22(24(29)23(21)28)26-15-18-6-4-5-12-25-18/h4-6,8-12,20,26H,2-3,7,13-16H2,1H3. The fourth-order valence-corrected chi connectivity index (χ4v) is 3.92. The highest BCUT2D eigenvalue weighted by Gasteiger charge is 2.23. The molecule has 1 atom stereocenters. The number of unbranched alkanes of at least 4 members (excludes halogenated alkanes) is 1. The van der Waals surface area contributed by atoms with Crippen molar-refractivity contribution in [3.05, 3.63) is 74.8 Å². The molecule has 0 radical (unpaired) electrons. The molecule has 1 unspecified atom stereocenters. The van der Waals surface area contributed by atoms with Crippen molar-refractivity contribution in [2.45, 2.75) is 38.8 Å². The molecule has 30 heavy (non-hydrogen) atoms. The van der Waals surface area contributed by atoms with Gasteiger partial charge in [-0.15, -0.1) is 0 Å². The maximum absolute atomic E-state index is 12.2. The molecule has 0 saturated carbocycles. The molecule has 1 fully saturated rings. The van der Waals surface area contributed by atoms with E-state index in [1.807, 2.05) is 42.5 Å². The van der Waals surface area contributed by atoms with Gasteiger partial charge in [-0.25, -0.2) is 0 Å². The molecule has 6 nitrogen and oxygen atoms in total. The summed E-state index contributed by atoms with van der Waals surface area (Å²) in [5.41, 5.74) is 2.65. The molecular weight excluding hydrogens is 378 g/mol. The van der Waals surface area contributed by atoms with Crippen LogP contribution in [0.3, 0.4) is 0 Å². The number of nitrogens with one attached hydrogen (secondary N) is 1. The minimum absolute atomic E-state index is 0.273. The lowest BCUT2D eigenvalue weighted by Gasteiger charge is -2.34. The van der Waals surface area contributed by atoms with Crippen LogP contribution in [0.2, 0.25) is 0 Å². The van der Waals surface area contributed by atoms with Gasteiger partial charge in [0, 0.05) is 25.0 Å². The number of morpholine rings is 1. The molecule has 2 aromatic carbocycles. The average molecular weight is 405 g/mol. The Morgan fingerprint density at radius 3 is 2.70 bits per heavy atom. The highest BCUT2D eigenvalue weighted by atomic mass is 16.5. The minimum atomic E-state index is -0.461. The van der Waals surface area contributed by atoms with E-state index in [-0.39, 0.29) is 6.10 Å². The van der Waals surface area contributed by atoms with Gasteiger partial charge < -0.3 is 15.0 Å². The van der Waals surface area contributed by atoms with Gasteiger partial charge in [0.15, 0.2) is 0 Å². The van der Waals surface area contributed by atoms with E-state index in [4.69, 9.17) is 4.74 Å². The molecule has 2 heterocycles. The number of benzene rings is 1. The Bertz CT molecular complexity index is 1040. The second kappa shape index (κ2) is 9.22. The van der Waals surface area contributed by atoms with Crippen molar-refractivity contribution in [1.29, 1.82) is 0 Å². The SMILES string of the molecule is CCCCC1CN(c2ccc(-c3c(NCc4ccccn4)c(=O)c3=O)cc2)CCO1. The zero-order valence-corrected chi connectivity index (χ0v) is 17.3. The third-order valence-electron chi connectivity index (χ3n) is 5.62. The van der Waals surface area contributed by atoms with Crippen LogP contribution in [0.5, 0.6) is 0 Å². The minimum Gasteiger partial charge on any atom is -0.375 e. The number of pyridine rings is 1. The Labute approximate surface area is 176 Å². The second-order valence-electron chi connectivity index (χ2n) is 7.71. The number of anilines is 2. The van der Waals surface area contributed by atoms with Crippen LogP contribution in [0.15, 0.2) is 58.3 Å². The van der Waals surface area contributed by atoms with Crippen molar-refractivity contribution < 1.29 is 4.74 Å². The summed E-state index contributed by atoms with van der Waals surface area (Å²) in [6.45, 7) is 5.08. The summed E-state index contributed by atoms with van der Waals surface area (Å²) in [4.78, 5) is 30.9. The van der Waals surface area contributed by atoms with Gasteiger partial charge in [-0.2, -0.15) is 0 Å². The van der Waals surface area contributed by atoms with Gasteiger partial charge in [-0.1, -0.05) is 38.0 Å². The van der Waals surface area contributed by atoms with E-state index in [0.717, 1.165) is 43.1 Å². The summed E-state index contributed by atoms with van der Waals surface area (Å²) in [5, 5.41) is 3.09. The van der Waals surface area contributed by atoms with Crippen molar-refractivity contribution in [1.82, 2.24) is 4.98 Å². The first kappa shape index (κ1) is 20.3. The molecule has 0 amide bonds. The zero-order chi connectivity index (χ0) is 20.9. The number of hydrogen-bond acceptors (Lipinski definition) is 6. The molecule has 0 bridgehead atoms. The number of ether oxygens (including phenoxy) is 1. The van der Waals surface area contributed by atoms with Gasteiger partial charge in [-0.3, -0.25) is 14.6 Å². The number of hydrogen-bond donors (Lipinski definition) is 1. The van der Waals surface area contributed by atoms with Crippen LogP contribution in [0.4, 0.5) is 11.4 Å². The lowest BCUT2D eigenvalue weighted by atomic mass is 9.98. The largest absolute Gasteiger partial charge is 0.375 e. The van der Waals surface area contributed by atoms with Crippen LogP contribution >= 0.6 is 0 Å². The van der Waals surface area contributed by atoms with Gasteiger partial charge in [0.25, 0.3) is 0 Å². The fourth-order valence-electron chi connectivity index (χ4n) is 3.92. The van der Waals surface area contributed by atoms with Crippen LogP contribution in [-0.4, -0.2) is 30.8 Å². The number of nitrogens with zero attached hydrogens (tertiary/aromatic N) is 2. The van der Waals surface area contributed by atoms with Gasteiger partial charge in [-0.05, 0) is 36.2 Å². The Morgan fingerprint density at radius 2 is 1.97 bits per heavy atom. The monoisotopic (exact) mass is 405 g/mol. The maximum Gasteiger partial charge on any atom is 0.250 e. The Balaban J connectivity index is 1.46. The molecule has 1 saturated heterocycles. The van der Waals surface area contributed by atoms with Crippen molar-refractivity contribution in [2.24, 2.45) is 0 Å². The first-order valence-corrected chi connectivity index (χ1v) is 10.6. The van der Waals surface area contributed by atoms with Crippen molar-refractivity contribution in [2.75, 3.05) is 29.9 Å². The highest BCUT2D eigenvalue weighted by molar-refractivity contribution is 5.82. The summed E-state index contributed by atoms with van der Waals surface area (Å²) < 4.78 is 5.88. The first-order chi connectivity index (χ1) is 14.7. The van der Waals surface area contributed by atoms with E-state index in [1.165, 1.54) is 12.8 Å². The Morgan fingerprint density at radius 1 is 1.13 bits per heavy atom. The predicted octanol–water partition coefficient (Wildman–Crippen LogP) is 3.35. The van der Waals surface area contributed by atoms with Gasteiger partial charge in [0.1, 0.15) is 0 Å². The third kappa shape index (κ3) is 4.28. The van der Waals surface area contributed by atoms with E-state index in [9.17, 15) is 9.59 Å². The van der Waals surface area contributed by atoms with Crippen LogP contribution in [0, 0.1) is 0 Å². The van der Waals surface area contributed by atoms with Crippen molar-refractivity contribution in [3.8, 4) is 11.1 Å². The van der Waals surface area contributed by atoms with E-state index in [1.54, 1.807) is 6.20 Å². The topological polar surface area (TPSA) is 71.5 Å². The van der Waals surface area contributed by atoms with Crippen molar-refractivity contribution >= 4 is 11.4 Å². The van der Waals surface area contributed by atoms with Gasteiger partial charge >= 0.3 is 0 Å². The summed E-state index contributed by atoms with van der Waals surface area (Å²) in [6.07, 6.45) is 5.41. The molecule has 1 aromatic heterocycles. The molecular formula is C24H27N3O3. The highest BCUT2D eigenvalue weighted by Crippen LogP contribution is 2.27. The third-order valence-corrected chi connectivity index (χ3v) is 5.62. The molecule has 156 valence electrons. The second-order valence-corrected chi connectivity index (χ2v) is 7.71. The summed E-state index contributed by atoms with van der Waals surface area (Å²) in [6, 6.07) is 13.5. The smallest absolute Gasteiger partial charge is 0.250 e. The molecule has 4 rings (SSSR count). The summed E-state index contributed by atoms with van der Waals surface area (Å²) >= 11 is 0. The molecule has 3 aromatic rings. The summed E-state index contributed by atoms with van der Waals surface area (Å²) in [7, 11) is 0. The quantitative estimate of drug-likeness (QED) is 0.580. The van der Waals surface area contributed by atoms with Crippen LogP contribution < -0.4 is 21.1 Å². The van der Waals surface area contributed by atoms with Gasteiger partial charge in [0.05, 0.1) is 36.2 Å². The lowest BCUT2D eigenvalue weighted by molar-refractivity contribution is 0.0339.